The Morgan fingerprint density at radius 2 is 2.04 bits per heavy atom. The van der Waals surface area contributed by atoms with Crippen LogP contribution in [0.5, 0.6) is 5.88 Å². The van der Waals surface area contributed by atoms with Gasteiger partial charge in [-0.1, -0.05) is 0 Å². The van der Waals surface area contributed by atoms with Crippen LogP contribution >= 0.6 is 0 Å². The number of benzene rings is 1. The van der Waals surface area contributed by atoms with Crippen LogP contribution in [0.3, 0.4) is 0 Å². The van der Waals surface area contributed by atoms with Crippen LogP contribution in [0.2, 0.25) is 0 Å². The zero-order chi connectivity index (χ0) is 17.3. The van der Waals surface area contributed by atoms with E-state index in [0.29, 0.717) is 24.7 Å². The molecule has 24 heavy (non-hydrogen) atoms. The van der Waals surface area contributed by atoms with E-state index in [2.05, 4.69) is 9.97 Å². The highest BCUT2D eigenvalue weighted by Crippen LogP contribution is 2.21. The summed E-state index contributed by atoms with van der Waals surface area (Å²) in [5, 5.41) is 0. The number of ether oxygens (including phenoxy) is 1. The summed E-state index contributed by atoms with van der Waals surface area (Å²) in [6, 6.07) is 3.28. The lowest BCUT2D eigenvalue weighted by Gasteiger charge is -2.17. The van der Waals surface area contributed by atoms with Gasteiger partial charge in [-0.25, -0.2) is 18.2 Å². The van der Waals surface area contributed by atoms with E-state index in [0.717, 1.165) is 12.1 Å². The SMILES string of the molecule is Cc1nccc(O[C@H]2CCN(C(=O)c3ccc(F)c(F)c3F)C2)n1. The Morgan fingerprint density at radius 3 is 2.79 bits per heavy atom. The molecule has 1 amide bonds. The Balaban J connectivity index is 1.69. The molecule has 2 heterocycles. The third-order valence-electron chi connectivity index (χ3n) is 3.74. The Labute approximate surface area is 136 Å². The van der Waals surface area contributed by atoms with Crippen molar-refractivity contribution >= 4 is 5.91 Å². The second-order valence-corrected chi connectivity index (χ2v) is 5.44. The van der Waals surface area contributed by atoms with E-state index >= 15 is 0 Å². The number of aryl methyl sites for hydroxylation is 1. The van der Waals surface area contributed by atoms with Crippen LogP contribution in [0.1, 0.15) is 22.6 Å². The zero-order valence-electron chi connectivity index (χ0n) is 12.8. The van der Waals surface area contributed by atoms with Gasteiger partial charge in [0.2, 0.25) is 5.88 Å². The molecule has 0 bridgehead atoms. The molecule has 1 aromatic carbocycles. The molecule has 0 N–H and O–H groups in total. The molecule has 1 saturated heterocycles. The van der Waals surface area contributed by atoms with Crippen molar-refractivity contribution in [2.75, 3.05) is 13.1 Å². The first-order chi connectivity index (χ1) is 11.5. The van der Waals surface area contributed by atoms with Crippen molar-refractivity contribution in [1.82, 2.24) is 14.9 Å². The van der Waals surface area contributed by atoms with Crippen LogP contribution in [0, 0.1) is 24.4 Å². The van der Waals surface area contributed by atoms with Gasteiger partial charge in [0.05, 0.1) is 12.1 Å². The molecule has 1 fully saturated rings. The van der Waals surface area contributed by atoms with Crippen molar-refractivity contribution in [2.24, 2.45) is 0 Å². The number of amides is 1. The molecule has 1 aromatic heterocycles. The molecule has 0 radical (unpaired) electrons. The van der Waals surface area contributed by atoms with Gasteiger partial charge in [-0.15, -0.1) is 0 Å². The van der Waals surface area contributed by atoms with E-state index in [4.69, 9.17) is 4.74 Å². The first-order valence-corrected chi connectivity index (χ1v) is 7.35. The molecule has 1 atom stereocenters. The average Bonchev–Trinajstić information content (AvgIpc) is 3.01. The normalized spacial score (nSPS) is 17.2. The third kappa shape index (κ3) is 3.17. The Hall–Kier alpha value is -2.64. The zero-order valence-corrected chi connectivity index (χ0v) is 12.8. The highest BCUT2D eigenvalue weighted by molar-refractivity contribution is 5.94. The maximum absolute atomic E-state index is 13.7. The molecular formula is C16H14F3N3O2. The maximum Gasteiger partial charge on any atom is 0.257 e. The summed E-state index contributed by atoms with van der Waals surface area (Å²) < 4.78 is 45.7. The number of halogens is 3. The lowest BCUT2D eigenvalue weighted by atomic mass is 10.1. The summed E-state index contributed by atoms with van der Waals surface area (Å²) >= 11 is 0. The van der Waals surface area contributed by atoms with Crippen LogP contribution in [0.25, 0.3) is 0 Å². The van der Waals surface area contributed by atoms with Crippen molar-refractivity contribution in [3.8, 4) is 5.88 Å². The summed E-state index contributed by atoms with van der Waals surface area (Å²) in [5.74, 6) is -4.20. The van der Waals surface area contributed by atoms with Crippen LogP contribution in [-0.4, -0.2) is 40.0 Å². The van der Waals surface area contributed by atoms with Crippen LogP contribution in [-0.2, 0) is 0 Å². The standard InChI is InChI=1S/C16H14F3N3O2/c1-9-20-6-4-13(21-9)24-10-5-7-22(8-10)16(23)11-2-3-12(17)15(19)14(11)18/h2-4,6,10H,5,7-8H2,1H3/t10-/m0/s1. The number of likely N-dealkylation sites (tertiary alicyclic amines) is 1. The monoisotopic (exact) mass is 337 g/mol. The molecule has 0 spiro atoms. The second-order valence-electron chi connectivity index (χ2n) is 5.44. The molecule has 126 valence electrons. The number of rotatable bonds is 3. The molecule has 0 unspecified atom stereocenters. The Morgan fingerprint density at radius 1 is 1.25 bits per heavy atom. The number of carbonyl (C=O) groups is 1. The Bertz CT molecular complexity index is 785. The van der Waals surface area contributed by atoms with E-state index < -0.39 is 28.9 Å². The van der Waals surface area contributed by atoms with Crippen molar-refractivity contribution in [1.29, 1.82) is 0 Å². The first kappa shape index (κ1) is 16.2. The van der Waals surface area contributed by atoms with Crippen molar-refractivity contribution in [2.45, 2.75) is 19.4 Å². The largest absolute Gasteiger partial charge is 0.472 e. The molecule has 1 aliphatic rings. The van der Waals surface area contributed by atoms with Gasteiger partial charge in [-0.3, -0.25) is 4.79 Å². The first-order valence-electron chi connectivity index (χ1n) is 7.35. The number of nitrogens with zero attached hydrogens (tertiary/aromatic N) is 3. The summed E-state index contributed by atoms with van der Waals surface area (Å²) in [4.78, 5) is 21.7. The van der Waals surface area contributed by atoms with Crippen molar-refractivity contribution in [3.05, 3.63) is 53.2 Å². The minimum absolute atomic E-state index is 0.209. The third-order valence-corrected chi connectivity index (χ3v) is 3.74. The fourth-order valence-electron chi connectivity index (χ4n) is 2.54. The average molecular weight is 337 g/mol. The molecule has 3 rings (SSSR count). The fourth-order valence-corrected chi connectivity index (χ4v) is 2.54. The van der Waals surface area contributed by atoms with Gasteiger partial charge in [0.1, 0.15) is 11.9 Å². The number of carbonyl (C=O) groups excluding carboxylic acids is 1. The lowest BCUT2D eigenvalue weighted by Crippen LogP contribution is -2.31. The van der Waals surface area contributed by atoms with Gasteiger partial charge in [0.15, 0.2) is 17.5 Å². The fraction of sp³-hybridized carbons (Fsp3) is 0.312. The van der Waals surface area contributed by atoms with Crippen molar-refractivity contribution in [3.63, 3.8) is 0 Å². The van der Waals surface area contributed by atoms with Crippen LogP contribution in [0.15, 0.2) is 24.4 Å². The number of hydrogen-bond acceptors (Lipinski definition) is 4. The molecule has 8 heteroatoms. The molecule has 1 aliphatic heterocycles. The lowest BCUT2D eigenvalue weighted by molar-refractivity contribution is 0.0765. The van der Waals surface area contributed by atoms with E-state index in [1.165, 1.54) is 4.90 Å². The smallest absolute Gasteiger partial charge is 0.257 e. The summed E-state index contributed by atoms with van der Waals surface area (Å²) in [6.07, 6.45) is 1.78. The van der Waals surface area contributed by atoms with Crippen molar-refractivity contribution < 1.29 is 22.7 Å². The number of aromatic nitrogens is 2. The molecular weight excluding hydrogens is 323 g/mol. The summed E-state index contributed by atoms with van der Waals surface area (Å²) in [5.41, 5.74) is -0.493. The van der Waals surface area contributed by atoms with Gasteiger partial charge in [-0.05, 0) is 19.1 Å². The van der Waals surface area contributed by atoms with E-state index in [9.17, 15) is 18.0 Å². The van der Waals surface area contributed by atoms with Crippen LogP contribution in [0.4, 0.5) is 13.2 Å². The molecule has 2 aromatic rings. The van der Waals surface area contributed by atoms with E-state index in [1.807, 2.05) is 0 Å². The molecule has 0 saturated carbocycles. The van der Waals surface area contributed by atoms with Gasteiger partial charge in [0.25, 0.3) is 5.91 Å². The summed E-state index contributed by atoms with van der Waals surface area (Å²) in [6.45, 7) is 2.26. The van der Waals surface area contributed by atoms with E-state index in [-0.39, 0.29) is 12.6 Å². The van der Waals surface area contributed by atoms with Gasteiger partial charge in [-0.2, -0.15) is 4.98 Å². The van der Waals surface area contributed by atoms with Gasteiger partial charge in [0, 0.05) is 25.2 Å². The molecule has 0 aliphatic carbocycles. The Kier molecular flexibility index (Phi) is 4.37. The minimum Gasteiger partial charge on any atom is -0.472 e. The highest BCUT2D eigenvalue weighted by atomic mass is 19.2. The predicted molar refractivity (Wildman–Crippen MR) is 78.0 cm³/mol. The predicted octanol–water partition coefficient (Wildman–Crippen LogP) is 2.50. The van der Waals surface area contributed by atoms with E-state index in [1.54, 1.807) is 19.2 Å². The van der Waals surface area contributed by atoms with Crippen LogP contribution < -0.4 is 4.74 Å². The number of hydrogen-bond donors (Lipinski definition) is 0. The maximum atomic E-state index is 13.7. The second kappa shape index (κ2) is 6.46. The summed E-state index contributed by atoms with van der Waals surface area (Å²) in [7, 11) is 0. The molecule has 5 nitrogen and oxygen atoms in total. The van der Waals surface area contributed by atoms with Gasteiger partial charge < -0.3 is 9.64 Å². The minimum atomic E-state index is -1.65. The highest BCUT2D eigenvalue weighted by Gasteiger charge is 2.31. The van der Waals surface area contributed by atoms with Gasteiger partial charge >= 0.3 is 0 Å². The quantitative estimate of drug-likeness (QED) is 0.808. The topological polar surface area (TPSA) is 55.3 Å².